The highest BCUT2D eigenvalue weighted by molar-refractivity contribution is 9.10. The maximum atomic E-state index is 11.5. The molecule has 1 aromatic carbocycles. The van der Waals surface area contributed by atoms with E-state index in [4.69, 9.17) is 11.6 Å². The van der Waals surface area contributed by atoms with Crippen LogP contribution in [0.4, 0.5) is 0 Å². The van der Waals surface area contributed by atoms with E-state index in [-0.39, 0.29) is 18.2 Å². The number of carbonyl (C=O) groups excluding carboxylic acids is 2. The van der Waals surface area contributed by atoms with E-state index < -0.39 is 0 Å². The van der Waals surface area contributed by atoms with Gasteiger partial charge in [0.1, 0.15) is 0 Å². The van der Waals surface area contributed by atoms with E-state index in [1.54, 1.807) is 24.3 Å². The summed E-state index contributed by atoms with van der Waals surface area (Å²) in [6, 6.07) is 6.79. The summed E-state index contributed by atoms with van der Waals surface area (Å²) in [6.07, 6.45) is 0.840. The van der Waals surface area contributed by atoms with Gasteiger partial charge in [0.15, 0.2) is 0 Å². The van der Waals surface area contributed by atoms with E-state index in [0.29, 0.717) is 17.9 Å². The second kappa shape index (κ2) is 6.66. The molecule has 3 nitrogen and oxygen atoms in total. The predicted octanol–water partition coefficient (Wildman–Crippen LogP) is 2.72. The Balaban J connectivity index is 2.52. The van der Waals surface area contributed by atoms with E-state index in [9.17, 15) is 9.59 Å². The summed E-state index contributed by atoms with van der Waals surface area (Å²) in [7, 11) is 0. The normalized spacial score (nSPS) is 9.88. The molecule has 5 heteroatoms. The summed E-state index contributed by atoms with van der Waals surface area (Å²) >= 11 is 8.71. The first-order chi connectivity index (χ1) is 7.63. The maximum Gasteiger partial charge on any atom is 0.257 e. The number of benzene rings is 1. The van der Waals surface area contributed by atoms with Crippen LogP contribution in [-0.2, 0) is 4.79 Å². The minimum Gasteiger partial charge on any atom is -0.292 e. The second-order valence-electron chi connectivity index (χ2n) is 3.18. The molecular formula is C11H11BrClNO2. The van der Waals surface area contributed by atoms with Gasteiger partial charge >= 0.3 is 0 Å². The average Bonchev–Trinajstić information content (AvgIpc) is 2.27. The van der Waals surface area contributed by atoms with Gasteiger partial charge in [-0.1, -0.05) is 15.9 Å². The van der Waals surface area contributed by atoms with Gasteiger partial charge in [0, 0.05) is 22.3 Å². The minimum absolute atomic E-state index is 0.270. The molecule has 86 valence electrons. The topological polar surface area (TPSA) is 46.2 Å². The average molecular weight is 305 g/mol. The maximum absolute atomic E-state index is 11.5. The van der Waals surface area contributed by atoms with Crippen molar-refractivity contribution in [3.8, 4) is 0 Å². The van der Waals surface area contributed by atoms with Crippen molar-refractivity contribution in [1.29, 1.82) is 0 Å². The molecule has 0 bridgehead atoms. The molecule has 0 saturated heterocycles. The van der Waals surface area contributed by atoms with Gasteiger partial charge in [0.05, 0.1) is 0 Å². The van der Waals surface area contributed by atoms with Crippen molar-refractivity contribution in [1.82, 2.24) is 5.32 Å². The van der Waals surface area contributed by atoms with Crippen LogP contribution in [0.5, 0.6) is 0 Å². The number of nitrogens with one attached hydrogen (secondary N) is 1. The summed E-state index contributed by atoms with van der Waals surface area (Å²) in [5, 5.41) is 2.30. The third-order valence-corrected chi connectivity index (χ3v) is 2.69. The number of carbonyl (C=O) groups is 2. The highest BCUT2D eigenvalue weighted by atomic mass is 79.9. The number of amides is 2. The second-order valence-corrected chi connectivity index (χ2v) is 4.47. The number of rotatable bonds is 4. The number of hydrogen-bond donors (Lipinski definition) is 1. The third-order valence-electron chi connectivity index (χ3n) is 1.90. The Bertz CT molecular complexity index is 378. The molecule has 0 saturated carbocycles. The van der Waals surface area contributed by atoms with E-state index >= 15 is 0 Å². The van der Waals surface area contributed by atoms with E-state index in [1.807, 2.05) is 0 Å². The van der Waals surface area contributed by atoms with Crippen LogP contribution < -0.4 is 5.32 Å². The molecule has 16 heavy (non-hydrogen) atoms. The highest BCUT2D eigenvalue weighted by Crippen LogP contribution is 2.10. The first-order valence-corrected chi connectivity index (χ1v) is 6.12. The van der Waals surface area contributed by atoms with Gasteiger partial charge in [-0.25, -0.2) is 0 Å². The number of hydrogen-bond acceptors (Lipinski definition) is 2. The summed E-state index contributed by atoms with van der Waals surface area (Å²) < 4.78 is 0.887. The van der Waals surface area contributed by atoms with Gasteiger partial charge in [0.2, 0.25) is 5.91 Å². The molecule has 2 amide bonds. The van der Waals surface area contributed by atoms with Crippen molar-refractivity contribution in [3.05, 3.63) is 34.3 Å². The minimum atomic E-state index is -0.382. The Morgan fingerprint density at radius 1 is 1.25 bits per heavy atom. The van der Waals surface area contributed by atoms with Crippen LogP contribution in [-0.4, -0.2) is 17.7 Å². The third kappa shape index (κ3) is 4.33. The molecule has 1 N–H and O–H groups in total. The van der Waals surface area contributed by atoms with Crippen LogP contribution in [0.15, 0.2) is 28.7 Å². The van der Waals surface area contributed by atoms with Gasteiger partial charge in [-0.15, -0.1) is 11.6 Å². The lowest BCUT2D eigenvalue weighted by Crippen LogP contribution is -2.30. The van der Waals surface area contributed by atoms with Gasteiger partial charge in [-0.05, 0) is 30.7 Å². The van der Waals surface area contributed by atoms with Crippen molar-refractivity contribution in [2.45, 2.75) is 12.8 Å². The largest absolute Gasteiger partial charge is 0.292 e. The standard InChI is InChI=1S/C11H11BrClNO2/c12-9-5-3-8(4-6-9)11(16)14-10(15)2-1-7-13/h3-6H,1-2,7H2,(H,14,15,16). The summed E-state index contributed by atoms with van der Waals surface area (Å²) in [5.41, 5.74) is 0.461. The zero-order valence-corrected chi connectivity index (χ0v) is 10.8. The molecule has 0 spiro atoms. The molecule has 0 heterocycles. The highest BCUT2D eigenvalue weighted by Gasteiger charge is 2.09. The Morgan fingerprint density at radius 3 is 2.44 bits per heavy atom. The zero-order valence-electron chi connectivity index (χ0n) is 8.50. The van der Waals surface area contributed by atoms with Crippen LogP contribution in [0, 0.1) is 0 Å². The van der Waals surface area contributed by atoms with Gasteiger partial charge in [-0.3, -0.25) is 14.9 Å². The molecule has 0 aromatic heterocycles. The van der Waals surface area contributed by atoms with Crippen LogP contribution in [0.1, 0.15) is 23.2 Å². The van der Waals surface area contributed by atoms with E-state index in [1.165, 1.54) is 0 Å². The molecule has 0 atom stereocenters. The Kier molecular flexibility index (Phi) is 5.49. The zero-order chi connectivity index (χ0) is 12.0. The smallest absolute Gasteiger partial charge is 0.257 e. The monoisotopic (exact) mass is 303 g/mol. The van der Waals surface area contributed by atoms with Gasteiger partial charge < -0.3 is 0 Å². The Morgan fingerprint density at radius 2 is 1.88 bits per heavy atom. The van der Waals surface area contributed by atoms with Crippen LogP contribution >= 0.6 is 27.5 Å². The van der Waals surface area contributed by atoms with Gasteiger partial charge in [0.25, 0.3) is 5.91 Å². The van der Waals surface area contributed by atoms with Crippen LogP contribution in [0.2, 0.25) is 0 Å². The van der Waals surface area contributed by atoms with Crippen LogP contribution in [0.25, 0.3) is 0 Å². The van der Waals surface area contributed by atoms with Crippen molar-refractivity contribution in [2.75, 3.05) is 5.88 Å². The number of halogens is 2. The summed E-state index contributed by atoms with van der Waals surface area (Å²) in [5.74, 6) is -0.263. The van der Waals surface area contributed by atoms with Crippen molar-refractivity contribution < 1.29 is 9.59 Å². The lowest BCUT2D eigenvalue weighted by molar-refractivity contribution is -0.120. The Hall–Kier alpha value is -0.870. The summed E-state index contributed by atoms with van der Waals surface area (Å²) in [4.78, 5) is 22.8. The molecule has 1 aromatic rings. The van der Waals surface area contributed by atoms with Crippen molar-refractivity contribution >= 4 is 39.3 Å². The number of imide groups is 1. The molecule has 0 unspecified atom stereocenters. The molecular weight excluding hydrogens is 293 g/mol. The molecule has 0 aliphatic heterocycles. The van der Waals surface area contributed by atoms with Crippen LogP contribution in [0.3, 0.4) is 0 Å². The quantitative estimate of drug-likeness (QED) is 0.869. The molecule has 0 radical (unpaired) electrons. The van der Waals surface area contributed by atoms with Crippen molar-refractivity contribution in [3.63, 3.8) is 0 Å². The van der Waals surface area contributed by atoms with Gasteiger partial charge in [-0.2, -0.15) is 0 Å². The Labute approximate surface area is 107 Å². The van der Waals surface area contributed by atoms with Crippen molar-refractivity contribution in [2.24, 2.45) is 0 Å². The fourth-order valence-electron chi connectivity index (χ4n) is 1.09. The predicted molar refractivity (Wildman–Crippen MR) is 66.6 cm³/mol. The first kappa shape index (κ1) is 13.2. The SMILES string of the molecule is O=C(CCCCl)NC(=O)c1ccc(Br)cc1. The van der Waals surface area contributed by atoms with E-state index in [0.717, 1.165) is 4.47 Å². The lowest BCUT2D eigenvalue weighted by atomic mass is 10.2. The first-order valence-electron chi connectivity index (χ1n) is 4.79. The fourth-order valence-corrected chi connectivity index (χ4v) is 1.49. The number of alkyl halides is 1. The molecule has 1 rings (SSSR count). The van der Waals surface area contributed by atoms with E-state index in [2.05, 4.69) is 21.2 Å². The molecule has 0 aliphatic carbocycles. The summed E-state index contributed by atoms with van der Waals surface area (Å²) in [6.45, 7) is 0. The lowest BCUT2D eigenvalue weighted by Gasteiger charge is -2.03. The molecule has 0 fully saturated rings. The molecule has 0 aliphatic rings. The fraction of sp³-hybridized carbons (Fsp3) is 0.273.